The summed E-state index contributed by atoms with van der Waals surface area (Å²) in [6.45, 7) is 4.68. The van der Waals surface area contributed by atoms with Gasteiger partial charge in [-0.1, -0.05) is 18.2 Å². The minimum absolute atomic E-state index is 0. The molecule has 0 saturated carbocycles. The van der Waals surface area contributed by atoms with Gasteiger partial charge in [0.2, 0.25) is 0 Å². The number of rotatable bonds is 7. The van der Waals surface area contributed by atoms with E-state index in [1.807, 2.05) is 18.2 Å². The number of carbonyl (C=O) groups excluding carboxylic acids is 3. The summed E-state index contributed by atoms with van der Waals surface area (Å²) in [5, 5.41) is 0. The SMILES string of the molecule is CC(=O)Cc1cc(CPC(C)=O)cc(CC(C)=O)c1.[V]. The van der Waals surface area contributed by atoms with Gasteiger partial charge in [-0.15, -0.1) is 0 Å². The number of carbonyl (C=O) groups is 3. The van der Waals surface area contributed by atoms with Crippen LogP contribution in [0.4, 0.5) is 0 Å². The van der Waals surface area contributed by atoms with Gasteiger partial charge in [-0.05, 0) is 52.2 Å². The van der Waals surface area contributed by atoms with E-state index in [4.69, 9.17) is 0 Å². The maximum Gasteiger partial charge on any atom is 0.148 e. The Morgan fingerprint density at radius 3 is 1.60 bits per heavy atom. The van der Waals surface area contributed by atoms with Crippen LogP contribution in [0.2, 0.25) is 0 Å². The first-order chi connectivity index (χ1) is 8.86. The minimum Gasteiger partial charge on any atom is -0.300 e. The Bertz CT molecular complexity index is 478. The van der Waals surface area contributed by atoms with E-state index in [1.165, 1.54) is 0 Å². The predicted molar refractivity (Wildman–Crippen MR) is 77.9 cm³/mol. The molecule has 1 aromatic rings. The fourth-order valence-corrected chi connectivity index (χ4v) is 2.60. The fraction of sp³-hybridized carbons (Fsp3) is 0.400. The zero-order chi connectivity index (χ0) is 14.4. The third-order valence-corrected chi connectivity index (χ3v) is 3.64. The van der Waals surface area contributed by atoms with Gasteiger partial charge in [-0.2, -0.15) is 0 Å². The summed E-state index contributed by atoms with van der Waals surface area (Å²) in [6.07, 6.45) is 1.44. The Morgan fingerprint density at radius 2 is 1.25 bits per heavy atom. The molecule has 0 spiro atoms. The summed E-state index contributed by atoms with van der Waals surface area (Å²) in [5.74, 6) is 0.194. The van der Waals surface area contributed by atoms with Crippen LogP contribution in [0.3, 0.4) is 0 Å². The molecule has 0 aromatic heterocycles. The van der Waals surface area contributed by atoms with E-state index in [0.29, 0.717) is 19.0 Å². The van der Waals surface area contributed by atoms with Crippen LogP contribution in [-0.4, -0.2) is 17.1 Å². The van der Waals surface area contributed by atoms with Gasteiger partial charge in [0.05, 0.1) is 0 Å². The van der Waals surface area contributed by atoms with Gasteiger partial charge in [-0.25, -0.2) is 0 Å². The molecule has 0 aliphatic heterocycles. The second-order valence-corrected chi connectivity index (χ2v) is 6.24. The maximum atomic E-state index is 11.2. The molecule has 0 aliphatic rings. The van der Waals surface area contributed by atoms with Gasteiger partial charge in [0.15, 0.2) is 0 Å². The second kappa shape index (κ2) is 9.23. The Kier molecular flexibility index (Phi) is 8.88. The molecular weight excluding hydrogens is 310 g/mol. The Hall–Kier alpha value is -0.756. The standard InChI is InChI=1S/C15H19O3P.V/c1-10(16)4-13-6-14(5-11(2)17)8-15(7-13)9-19-12(3)18;/h6-8,19H,4-5,9H2,1-3H3;. The van der Waals surface area contributed by atoms with Crippen molar-refractivity contribution in [2.24, 2.45) is 0 Å². The molecule has 107 valence electrons. The van der Waals surface area contributed by atoms with Gasteiger partial charge < -0.3 is 0 Å². The van der Waals surface area contributed by atoms with E-state index in [2.05, 4.69) is 0 Å². The molecule has 5 heteroatoms. The summed E-state index contributed by atoms with van der Waals surface area (Å²) in [6, 6.07) is 5.82. The van der Waals surface area contributed by atoms with E-state index in [-0.39, 0.29) is 44.2 Å². The van der Waals surface area contributed by atoms with Crippen molar-refractivity contribution >= 4 is 25.7 Å². The van der Waals surface area contributed by atoms with Crippen molar-refractivity contribution in [1.29, 1.82) is 0 Å². The number of Topliss-reactive ketones (excluding diaryl/α,β-unsaturated/α-hetero) is 2. The summed E-state index contributed by atoms with van der Waals surface area (Å²) in [7, 11) is 0.242. The first-order valence-electron chi connectivity index (χ1n) is 6.22. The van der Waals surface area contributed by atoms with Crippen molar-refractivity contribution < 1.29 is 32.9 Å². The molecule has 0 saturated heterocycles. The van der Waals surface area contributed by atoms with Crippen molar-refractivity contribution in [3.8, 4) is 0 Å². The van der Waals surface area contributed by atoms with Crippen molar-refractivity contribution in [2.75, 3.05) is 0 Å². The van der Waals surface area contributed by atoms with E-state index in [1.54, 1.807) is 20.8 Å². The number of ketones is 2. The Balaban J connectivity index is 0.00000361. The van der Waals surface area contributed by atoms with Gasteiger partial charge in [0.25, 0.3) is 0 Å². The van der Waals surface area contributed by atoms with Crippen LogP contribution in [0, 0.1) is 0 Å². The molecule has 0 N–H and O–H groups in total. The summed E-state index contributed by atoms with van der Waals surface area (Å²) < 4.78 is 0. The minimum atomic E-state index is 0. The van der Waals surface area contributed by atoms with Gasteiger partial charge >= 0.3 is 0 Å². The smallest absolute Gasteiger partial charge is 0.148 e. The molecule has 1 unspecified atom stereocenters. The van der Waals surface area contributed by atoms with Crippen LogP contribution in [0.25, 0.3) is 0 Å². The van der Waals surface area contributed by atoms with Gasteiger partial charge in [0, 0.05) is 31.4 Å². The molecule has 3 nitrogen and oxygen atoms in total. The van der Waals surface area contributed by atoms with E-state index in [0.717, 1.165) is 16.7 Å². The first kappa shape index (κ1) is 19.2. The monoisotopic (exact) mass is 329 g/mol. The molecule has 0 amide bonds. The molecule has 0 fully saturated rings. The van der Waals surface area contributed by atoms with Crippen molar-refractivity contribution in [3.63, 3.8) is 0 Å². The third kappa shape index (κ3) is 7.74. The average molecular weight is 329 g/mol. The van der Waals surface area contributed by atoms with Crippen LogP contribution in [0.5, 0.6) is 0 Å². The van der Waals surface area contributed by atoms with E-state index >= 15 is 0 Å². The fourth-order valence-electron chi connectivity index (χ4n) is 1.95. The molecule has 1 radical (unpaired) electrons. The Labute approximate surface area is 133 Å². The molecule has 20 heavy (non-hydrogen) atoms. The number of benzene rings is 1. The summed E-state index contributed by atoms with van der Waals surface area (Å²) in [4.78, 5) is 33.5. The molecule has 1 rings (SSSR count). The summed E-state index contributed by atoms with van der Waals surface area (Å²) >= 11 is 0. The number of hydrogen-bond donors (Lipinski definition) is 0. The first-order valence-corrected chi connectivity index (χ1v) is 7.42. The quantitative estimate of drug-likeness (QED) is 0.723. The predicted octanol–water partition coefficient (Wildman–Crippen LogP) is 2.67. The zero-order valence-corrected chi connectivity index (χ0v) is 14.4. The molecule has 0 aliphatic carbocycles. The van der Waals surface area contributed by atoms with Gasteiger partial charge in [-0.3, -0.25) is 14.4 Å². The molecule has 0 heterocycles. The van der Waals surface area contributed by atoms with Gasteiger partial charge in [0.1, 0.15) is 17.1 Å². The zero-order valence-electron chi connectivity index (χ0n) is 12.0. The largest absolute Gasteiger partial charge is 0.300 e. The molecule has 1 aromatic carbocycles. The normalized spacial score (nSPS) is 10.3. The Morgan fingerprint density at radius 1 is 0.850 bits per heavy atom. The van der Waals surface area contributed by atoms with Crippen LogP contribution in [-0.2, 0) is 51.9 Å². The van der Waals surface area contributed by atoms with Crippen LogP contribution < -0.4 is 0 Å². The van der Waals surface area contributed by atoms with Crippen LogP contribution >= 0.6 is 8.58 Å². The molecule has 1 atom stereocenters. The number of hydrogen-bond acceptors (Lipinski definition) is 3. The van der Waals surface area contributed by atoms with Crippen molar-refractivity contribution in [1.82, 2.24) is 0 Å². The third-order valence-electron chi connectivity index (χ3n) is 2.56. The van der Waals surface area contributed by atoms with E-state index < -0.39 is 0 Å². The van der Waals surface area contributed by atoms with Crippen LogP contribution in [0.15, 0.2) is 18.2 Å². The topological polar surface area (TPSA) is 51.2 Å². The maximum absolute atomic E-state index is 11.2. The van der Waals surface area contributed by atoms with Crippen molar-refractivity contribution in [2.45, 2.75) is 39.8 Å². The van der Waals surface area contributed by atoms with Crippen molar-refractivity contribution in [3.05, 3.63) is 34.9 Å². The molecule has 0 bridgehead atoms. The second-order valence-electron chi connectivity index (χ2n) is 4.83. The van der Waals surface area contributed by atoms with E-state index in [9.17, 15) is 14.4 Å². The summed E-state index contributed by atoms with van der Waals surface area (Å²) in [5.41, 5.74) is 3.05. The van der Waals surface area contributed by atoms with Crippen LogP contribution in [0.1, 0.15) is 37.5 Å². The average Bonchev–Trinajstić information content (AvgIpc) is 2.24. The molecular formula is C15H19O3PV.